The summed E-state index contributed by atoms with van der Waals surface area (Å²) in [4.78, 5) is 15.5. The Balaban J connectivity index is 1.73. The molecule has 0 unspecified atom stereocenters. The highest BCUT2D eigenvalue weighted by Gasteiger charge is 2.22. The number of carbonyl (C=O) groups is 1. The first-order valence-corrected chi connectivity index (χ1v) is 5.28. The molecule has 0 aromatic carbocycles. The van der Waals surface area contributed by atoms with Gasteiger partial charge in [0.1, 0.15) is 0 Å². The minimum Gasteiger partial charge on any atom is -0.353 e. The van der Waals surface area contributed by atoms with E-state index in [1.165, 1.54) is 0 Å². The molecule has 1 aliphatic rings. The normalized spacial score (nSPS) is 15.3. The number of nitrogens with two attached hydrogens (primary N) is 1. The van der Waals surface area contributed by atoms with Gasteiger partial charge in [0, 0.05) is 31.7 Å². The molecular weight excluding hydrogens is 192 g/mol. The van der Waals surface area contributed by atoms with Crippen molar-refractivity contribution in [2.24, 2.45) is 5.73 Å². The van der Waals surface area contributed by atoms with Gasteiger partial charge in [-0.15, -0.1) is 0 Å². The van der Waals surface area contributed by atoms with E-state index in [1.807, 2.05) is 10.8 Å². The van der Waals surface area contributed by atoms with Gasteiger partial charge in [-0.1, -0.05) is 0 Å². The van der Waals surface area contributed by atoms with Crippen molar-refractivity contribution in [1.29, 1.82) is 0 Å². The second-order valence-corrected chi connectivity index (χ2v) is 3.90. The Morgan fingerprint density at radius 1 is 1.67 bits per heavy atom. The fourth-order valence-corrected chi connectivity index (χ4v) is 1.39. The lowest BCUT2D eigenvalue weighted by Gasteiger charge is -2.03. The molecule has 0 bridgehead atoms. The molecule has 2 rings (SSSR count). The number of aromatic nitrogens is 2. The van der Waals surface area contributed by atoms with Gasteiger partial charge >= 0.3 is 0 Å². The molecule has 1 saturated carbocycles. The van der Waals surface area contributed by atoms with Crippen molar-refractivity contribution in [3.8, 4) is 0 Å². The standard InChI is InChI=1S/C10H16N4O/c11-5-9-6-14(7-12-9)4-3-10(15)13-8-1-2-8/h6-8H,1-5,11H2,(H,13,15). The van der Waals surface area contributed by atoms with Crippen molar-refractivity contribution in [3.63, 3.8) is 0 Å². The third-order valence-electron chi connectivity index (χ3n) is 2.44. The van der Waals surface area contributed by atoms with Gasteiger partial charge in [0.2, 0.25) is 5.91 Å². The Kier molecular flexibility index (Phi) is 3.01. The second kappa shape index (κ2) is 4.44. The second-order valence-electron chi connectivity index (χ2n) is 3.90. The van der Waals surface area contributed by atoms with Crippen LogP contribution in [0.2, 0.25) is 0 Å². The summed E-state index contributed by atoms with van der Waals surface area (Å²) in [7, 11) is 0. The van der Waals surface area contributed by atoms with Gasteiger partial charge in [-0.2, -0.15) is 0 Å². The van der Waals surface area contributed by atoms with Gasteiger partial charge in [-0.3, -0.25) is 4.79 Å². The highest BCUT2D eigenvalue weighted by molar-refractivity contribution is 5.76. The van der Waals surface area contributed by atoms with Crippen molar-refractivity contribution in [1.82, 2.24) is 14.9 Å². The van der Waals surface area contributed by atoms with Gasteiger partial charge < -0.3 is 15.6 Å². The number of rotatable bonds is 5. The minimum atomic E-state index is 0.125. The molecular formula is C10H16N4O. The van der Waals surface area contributed by atoms with Crippen LogP contribution in [0, 0.1) is 0 Å². The summed E-state index contributed by atoms with van der Waals surface area (Å²) in [5.41, 5.74) is 6.30. The third-order valence-corrected chi connectivity index (χ3v) is 2.44. The van der Waals surface area contributed by atoms with E-state index >= 15 is 0 Å². The topological polar surface area (TPSA) is 72.9 Å². The van der Waals surface area contributed by atoms with Crippen molar-refractivity contribution in [3.05, 3.63) is 18.2 Å². The summed E-state index contributed by atoms with van der Waals surface area (Å²) in [6.45, 7) is 1.12. The van der Waals surface area contributed by atoms with E-state index in [1.54, 1.807) is 6.33 Å². The number of imidazole rings is 1. The van der Waals surface area contributed by atoms with Crippen LogP contribution in [0.15, 0.2) is 12.5 Å². The van der Waals surface area contributed by atoms with Crippen LogP contribution >= 0.6 is 0 Å². The zero-order valence-electron chi connectivity index (χ0n) is 8.65. The van der Waals surface area contributed by atoms with Crippen molar-refractivity contribution >= 4 is 5.91 Å². The highest BCUT2D eigenvalue weighted by atomic mass is 16.1. The quantitative estimate of drug-likeness (QED) is 0.716. The molecule has 0 aliphatic heterocycles. The lowest BCUT2D eigenvalue weighted by atomic mass is 10.4. The number of hydrogen-bond acceptors (Lipinski definition) is 3. The van der Waals surface area contributed by atoms with E-state index in [0.717, 1.165) is 18.5 Å². The predicted octanol–water partition coefficient (Wildman–Crippen LogP) is 0.0105. The number of nitrogens with zero attached hydrogens (tertiary/aromatic N) is 2. The van der Waals surface area contributed by atoms with Gasteiger partial charge in [0.05, 0.1) is 12.0 Å². The average molecular weight is 208 g/mol. The molecule has 1 aromatic heterocycles. The predicted molar refractivity (Wildman–Crippen MR) is 55.9 cm³/mol. The fourth-order valence-electron chi connectivity index (χ4n) is 1.39. The van der Waals surface area contributed by atoms with Crippen LogP contribution in [0.4, 0.5) is 0 Å². The molecule has 1 aromatic rings. The number of aryl methyl sites for hydroxylation is 1. The average Bonchev–Trinajstić information content (AvgIpc) is 2.92. The summed E-state index contributed by atoms with van der Waals surface area (Å²) in [5, 5.41) is 2.95. The Hall–Kier alpha value is -1.36. The van der Waals surface area contributed by atoms with Crippen LogP contribution < -0.4 is 11.1 Å². The monoisotopic (exact) mass is 208 g/mol. The summed E-state index contributed by atoms with van der Waals surface area (Å²) in [5.74, 6) is 0.125. The van der Waals surface area contributed by atoms with E-state index in [0.29, 0.717) is 25.6 Å². The first kappa shape index (κ1) is 10.2. The summed E-state index contributed by atoms with van der Waals surface area (Å²) in [6.07, 6.45) is 6.37. The van der Waals surface area contributed by atoms with Crippen LogP contribution in [0.5, 0.6) is 0 Å². The van der Waals surface area contributed by atoms with E-state index in [4.69, 9.17) is 5.73 Å². The van der Waals surface area contributed by atoms with Crippen LogP contribution in [-0.4, -0.2) is 21.5 Å². The smallest absolute Gasteiger partial charge is 0.222 e. The molecule has 1 fully saturated rings. The maximum atomic E-state index is 11.4. The number of carbonyl (C=O) groups excluding carboxylic acids is 1. The Bertz CT molecular complexity index is 343. The van der Waals surface area contributed by atoms with Crippen molar-refractivity contribution in [2.75, 3.05) is 0 Å². The van der Waals surface area contributed by atoms with E-state index in [-0.39, 0.29) is 5.91 Å². The van der Waals surface area contributed by atoms with E-state index < -0.39 is 0 Å². The molecule has 5 heteroatoms. The van der Waals surface area contributed by atoms with Gasteiger partial charge in [0.25, 0.3) is 0 Å². The summed E-state index contributed by atoms with van der Waals surface area (Å²) < 4.78 is 1.90. The zero-order chi connectivity index (χ0) is 10.7. The Morgan fingerprint density at radius 3 is 3.07 bits per heavy atom. The van der Waals surface area contributed by atoms with Crippen LogP contribution in [0.25, 0.3) is 0 Å². The molecule has 1 aliphatic carbocycles. The maximum absolute atomic E-state index is 11.4. The van der Waals surface area contributed by atoms with Crippen molar-refractivity contribution in [2.45, 2.75) is 38.4 Å². The van der Waals surface area contributed by atoms with Crippen LogP contribution in [0.3, 0.4) is 0 Å². The fraction of sp³-hybridized carbons (Fsp3) is 0.600. The number of hydrogen-bond donors (Lipinski definition) is 2. The summed E-state index contributed by atoms with van der Waals surface area (Å²) in [6, 6.07) is 0.444. The van der Waals surface area contributed by atoms with Crippen LogP contribution in [-0.2, 0) is 17.9 Å². The summed E-state index contributed by atoms with van der Waals surface area (Å²) >= 11 is 0. The number of nitrogens with one attached hydrogen (secondary N) is 1. The lowest BCUT2D eigenvalue weighted by molar-refractivity contribution is -0.121. The minimum absolute atomic E-state index is 0.125. The first-order chi connectivity index (χ1) is 7.28. The SMILES string of the molecule is NCc1cn(CCC(=O)NC2CC2)cn1. The molecule has 1 amide bonds. The molecule has 5 nitrogen and oxygen atoms in total. The van der Waals surface area contributed by atoms with E-state index in [2.05, 4.69) is 10.3 Å². The molecule has 82 valence electrons. The molecule has 1 heterocycles. The van der Waals surface area contributed by atoms with Gasteiger partial charge in [-0.05, 0) is 12.8 Å². The third kappa shape index (κ3) is 3.06. The first-order valence-electron chi connectivity index (χ1n) is 5.28. The maximum Gasteiger partial charge on any atom is 0.222 e. The molecule has 0 spiro atoms. The molecule has 0 saturated heterocycles. The Labute approximate surface area is 88.7 Å². The Morgan fingerprint density at radius 2 is 2.47 bits per heavy atom. The largest absolute Gasteiger partial charge is 0.353 e. The lowest BCUT2D eigenvalue weighted by Crippen LogP contribution is -2.26. The van der Waals surface area contributed by atoms with E-state index in [9.17, 15) is 4.79 Å². The molecule has 0 radical (unpaired) electrons. The molecule has 15 heavy (non-hydrogen) atoms. The molecule has 3 N–H and O–H groups in total. The van der Waals surface area contributed by atoms with Gasteiger partial charge in [-0.25, -0.2) is 4.98 Å². The van der Waals surface area contributed by atoms with Crippen molar-refractivity contribution < 1.29 is 4.79 Å². The number of amides is 1. The van der Waals surface area contributed by atoms with Gasteiger partial charge in [0.15, 0.2) is 0 Å². The molecule has 0 atom stereocenters. The highest BCUT2D eigenvalue weighted by Crippen LogP contribution is 2.18. The zero-order valence-corrected chi connectivity index (χ0v) is 8.65. The van der Waals surface area contributed by atoms with Crippen LogP contribution in [0.1, 0.15) is 25.0 Å².